The van der Waals surface area contributed by atoms with Crippen molar-refractivity contribution in [2.75, 3.05) is 7.11 Å². The number of ether oxygens (including phenoxy) is 1. The summed E-state index contributed by atoms with van der Waals surface area (Å²) in [7, 11) is -2.99. The van der Waals surface area contributed by atoms with Crippen molar-refractivity contribution in [2.24, 2.45) is 5.92 Å². The van der Waals surface area contributed by atoms with Crippen LogP contribution in [0.4, 0.5) is 4.39 Å². The minimum Gasteiger partial charge on any atom is -0.494 e. The third-order valence-electron chi connectivity index (χ3n) is 4.82. The molecule has 1 amide bonds. The molecule has 2 aromatic carbocycles. The molecule has 2 rings (SSSR count). The van der Waals surface area contributed by atoms with E-state index in [-0.39, 0.29) is 40.8 Å². The van der Waals surface area contributed by atoms with E-state index in [1.807, 2.05) is 27.7 Å². The van der Waals surface area contributed by atoms with Gasteiger partial charge >= 0.3 is 10.1 Å². The van der Waals surface area contributed by atoms with Gasteiger partial charge in [-0.1, -0.05) is 39.0 Å². The van der Waals surface area contributed by atoms with Crippen LogP contribution < -0.4 is 8.92 Å². The fraction of sp³-hybridized carbons (Fsp3) is 0.409. The van der Waals surface area contributed by atoms with Crippen LogP contribution in [-0.2, 0) is 21.5 Å². The number of carbonyl (C=O) groups is 1. The highest BCUT2D eigenvalue weighted by atomic mass is 32.2. The van der Waals surface area contributed by atoms with Crippen molar-refractivity contribution < 1.29 is 26.5 Å². The molecular formula is C22H28FNO5S. The predicted molar refractivity (Wildman–Crippen MR) is 112 cm³/mol. The van der Waals surface area contributed by atoms with Gasteiger partial charge in [0.1, 0.15) is 10.6 Å². The van der Waals surface area contributed by atoms with Crippen LogP contribution in [0.25, 0.3) is 0 Å². The zero-order valence-corrected chi connectivity index (χ0v) is 18.7. The molecule has 0 N–H and O–H groups in total. The zero-order chi connectivity index (χ0) is 22.5. The lowest BCUT2D eigenvalue weighted by Gasteiger charge is -2.31. The molecule has 0 aliphatic rings. The number of hydrogen-bond donors (Lipinski definition) is 0. The summed E-state index contributed by atoms with van der Waals surface area (Å²) in [5.41, 5.74) is 0.546. The maximum atomic E-state index is 14.0. The van der Waals surface area contributed by atoms with Crippen molar-refractivity contribution in [3.8, 4) is 11.5 Å². The van der Waals surface area contributed by atoms with E-state index < -0.39 is 15.9 Å². The number of nitrogens with zero attached hydrogens (tertiary/aromatic N) is 1. The van der Waals surface area contributed by atoms with Gasteiger partial charge in [-0.05, 0) is 37.6 Å². The van der Waals surface area contributed by atoms with E-state index in [1.54, 1.807) is 23.1 Å². The molecule has 0 spiro atoms. The zero-order valence-electron chi connectivity index (χ0n) is 17.9. The molecule has 1 atom stereocenters. The molecule has 0 fully saturated rings. The van der Waals surface area contributed by atoms with Crippen LogP contribution in [0.2, 0.25) is 0 Å². The van der Waals surface area contributed by atoms with Crippen molar-refractivity contribution in [1.82, 2.24) is 4.90 Å². The van der Waals surface area contributed by atoms with Crippen LogP contribution in [0.15, 0.2) is 47.4 Å². The number of amides is 1. The number of rotatable bonds is 9. The average Bonchev–Trinajstić information content (AvgIpc) is 2.71. The van der Waals surface area contributed by atoms with Crippen LogP contribution >= 0.6 is 0 Å². The summed E-state index contributed by atoms with van der Waals surface area (Å²) in [6.45, 7) is 7.78. The first-order valence-corrected chi connectivity index (χ1v) is 11.2. The third-order valence-corrected chi connectivity index (χ3v) is 6.05. The van der Waals surface area contributed by atoms with E-state index in [9.17, 15) is 17.6 Å². The Morgan fingerprint density at radius 1 is 1.10 bits per heavy atom. The lowest BCUT2D eigenvalue weighted by atomic mass is 10.1. The van der Waals surface area contributed by atoms with Gasteiger partial charge in [-0.15, -0.1) is 0 Å². The Hall–Kier alpha value is -2.61. The molecule has 0 aliphatic heterocycles. The van der Waals surface area contributed by atoms with Crippen molar-refractivity contribution in [3.63, 3.8) is 0 Å². The van der Waals surface area contributed by atoms with Crippen molar-refractivity contribution in [3.05, 3.63) is 53.8 Å². The molecule has 0 radical (unpaired) electrons. The molecule has 0 heterocycles. The van der Waals surface area contributed by atoms with Gasteiger partial charge in [0.2, 0.25) is 5.91 Å². The fourth-order valence-electron chi connectivity index (χ4n) is 2.87. The Kier molecular flexibility index (Phi) is 7.83. The number of hydrogen-bond acceptors (Lipinski definition) is 5. The topological polar surface area (TPSA) is 72.9 Å². The van der Waals surface area contributed by atoms with Gasteiger partial charge in [0, 0.05) is 24.1 Å². The van der Waals surface area contributed by atoms with Crippen LogP contribution in [0.3, 0.4) is 0 Å². The van der Waals surface area contributed by atoms with Crippen LogP contribution in [0.5, 0.6) is 11.5 Å². The van der Waals surface area contributed by atoms with Gasteiger partial charge in [0.05, 0.1) is 7.11 Å². The molecule has 0 unspecified atom stereocenters. The smallest absolute Gasteiger partial charge is 0.339 e. The highest BCUT2D eigenvalue weighted by Gasteiger charge is 2.25. The van der Waals surface area contributed by atoms with E-state index in [4.69, 9.17) is 8.92 Å². The molecule has 164 valence electrons. The number of para-hydroxylation sites is 1. The highest BCUT2D eigenvalue weighted by molar-refractivity contribution is 7.87. The standard InChI is InChI=1S/C22H28FNO5S/c1-6-16(4)24(22(25)15(2)3)14-17-9-7-8-10-20(17)29-30(26,27)18-11-12-21(28-5)19(23)13-18/h7-13,15-16H,6,14H2,1-5H3/t16-/m1/s1. The number of benzene rings is 2. The first kappa shape index (κ1) is 23.7. The average molecular weight is 438 g/mol. The van der Waals surface area contributed by atoms with E-state index in [0.717, 1.165) is 12.5 Å². The first-order chi connectivity index (χ1) is 14.1. The molecule has 6 nitrogen and oxygen atoms in total. The molecule has 30 heavy (non-hydrogen) atoms. The summed E-state index contributed by atoms with van der Waals surface area (Å²) in [5, 5.41) is 0. The van der Waals surface area contributed by atoms with Crippen LogP contribution in [-0.4, -0.2) is 32.4 Å². The Morgan fingerprint density at radius 3 is 2.33 bits per heavy atom. The second-order valence-corrected chi connectivity index (χ2v) is 8.87. The van der Waals surface area contributed by atoms with Crippen molar-refractivity contribution in [2.45, 2.75) is 51.6 Å². The van der Waals surface area contributed by atoms with Gasteiger partial charge in [0.25, 0.3) is 0 Å². The number of methoxy groups -OCH3 is 1. The summed E-state index contributed by atoms with van der Waals surface area (Å²) in [4.78, 5) is 14.1. The first-order valence-electron chi connectivity index (χ1n) is 9.77. The lowest BCUT2D eigenvalue weighted by Crippen LogP contribution is -2.40. The molecular weight excluding hydrogens is 409 g/mol. The van der Waals surface area contributed by atoms with Gasteiger partial charge in [-0.25, -0.2) is 4.39 Å². The van der Waals surface area contributed by atoms with E-state index in [2.05, 4.69) is 0 Å². The largest absolute Gasteiger partial charge is 0.494 e. The summed E-state index contributed by atoms with van der Waals surface area (Å²) in [6, 6.07) is 9.88. The van der Waals surface area contributed by atoms with E-state index in [1.165, 1.54) is 25.3 Å². The summed E-state index contributed by atoms with van der Waals surface area (Å²) >= 11 is 0. The van der Waals surface area contributed by atoms with E-state index >= 15 is 0 Å². The lowest BCUT2D eigenvalue weighted by molar-refractivity contribution is -0.137. The summed E-state index contributed by atoms with van der Waals surface area (Å²) < 4.78 is 49.5. The number of halogens is 1. The van der Waals surface area contributed by atoms with Gasteiger partial charge in [-0.2, -0.15) is 8.42 Å². The van der Waals surface area contributed by atoms with Gasteiger partial charge < -0.3 is 13.8 Å². The quantitative estimate of drug-likeness (QED) is 0.544. The molecule has 0 aromatic heterocycles. The van der Waals surface area contributed by atoms with Crippen LogP contribution in [0.1, 0.15) is 39.7 Å². The fourth-order valence-corrected chi connectivity index (χ4v) is 3.85. The van der Waals surface area contributed by atoms with Crippen molar-refractivity contribution in [1.29, 1.82) is 0 Å². The maximum Gasteiger partial charge on any atom is 0.339 e. The second-order valence-electron chi connectivity index (χ2n) is 7.32. The third kappa shape index (κ3) is 5.50. The Balaban J connectivity index is 2.36. The molecule has 0 saturated carbocycles. The Morgan fingerprint density at radius 2 is 1.77 bits per heavy atom. The molecule has 0 saturated heterocycles. The van der Waals surface area contributed by atoms with Crippen LogP contribution in [0, 0.1) is 11.7 Å². The monoisotopic (exact) mass is 437 g/mol. The van der Waals surface area contributed by atoms with Gasteiger partial charge in [-0.3, -0.25) is 4.79 Å². The number of carbonyl (C=O) groups excluding carboxylic acids is 1. The minimum absolute atomic E-state index is 0.0275. The maximum absolute atomic E-state index is 14.0. The normalized spacial score (nSPS) is 12.5. The predicted octanol–water partition coefficient (Wildman–Crippen LogP) is 4.39. The van der Waals surface area contributed by atoms with E-state index in [0.29, 0.717) is 5.56 Å². The second kappa shape index (κ2) is 9.93. The Labute approximate surface area is 177 Å². The minimum atomic E-state index is -4.28. The highest BCUT2D eigenvalue weighted by Crippen LogP contribution is 2.27. The summed E-state index contributed by atoms with van der Waals surface area (Å²) in [5.74, 6) is -0.998. The molecule has 2 aromatic rings. The van der Waals surface area contributed by atoms with Gasteiger partial charge in [0.15, 0.2) is 11.6 Å². The Bertz CT molecular complexity index is 991. The molecule has 0 aliphatic carbocycles. The molecule has 8 heteroatoms. The SMILES string of the molecule is CC[C@@H](C)N(Cc1ccccc1OS(=O)(=O)c1ccc(OC)c(F)c1)C(=O)C(C)C. The van der Waals surface area contributed by atoms with Crippen molar-refractivity contribution >= 4 is 16.0 Å². The molecule has 0 bridgehead atoms. The summed E-state index contributed by atoms with van der Waals surface area (Å²) in [6.07, 6.45) is 0.755.